The Hall–Kier alpha value is -2.12. The van der Waals surface area contributed by atoms with Gasteiger partial charge in [0.2, 0.25) is 5.91 Å². The van der Waals surface area contributed by atoms with Crippen LogP contribution in [-0.4, -0.2) is 29.9 Å². The van der Waals surface area contributed by atoms with Crippen LogP contribution in [0.25, 0.3) is 0 Å². The van der Waals surface area contributed by atoms with Crippen molar-refractivity contribution in [1.29, 1.82) is 0 Å². The third kappa shape index (κ3) is 5.68. The van der Waals surface area contributed by atoms with Crippen molar-refractivity contribution in [2.45, 2.75) is 18.6 Å². The molecular formula is C20H22FN3OS2. The molecule has 1 amide bonds. The molecule has 1 saturated heterocycles. The summed E-state index contributed by atoms with van der Waals surface area (Å²) in [5.74, 6) is 1.46. The van der Waals surface area contributed by atoms with Gasteiger partial charge in [-0.15, -0.1) is 0 Å². The van der Waals surface area contributed by atoms with Crippen molar-refractivity contribution in [2.75, 3.05) is 29.1 Å². The maximum Gasteiger partial charge on any atom is 0.227 e. The molecule has 0 bridgehead atoms. The Morgan fingerprint density at radius 1 is 1.22 bits per heavy atom. The third-order valence-corrected chi connectivity index (χ3v) is 5.49. The quantitative estimate of drug-likeness (QED) is 0.537. The van der Waals surface area contributed by atoms with Gasteiger partial charge in [-0.1, -0.05) is 24.3 Å². The van der Waals surface area contributed by atoms with Crippen LogP contribution in [0.3, 0.4) is 0 Å². The van der Waals surface area contributed by atoms with E-state index in [1.54, 1.807) is 28.8 Å². The molecule has 0 radical (unpaired) electrons. The Morgan fingerprint density at radius 3 is 2.85 bits per heavy atom. The van der Waals surface area contributed by atoms with E-state index in [1.165, 1.54) is 6.07 Å². The molecule has 2 aromatic carbocycles. The molecule has 0 spiro atoms. The van der Waals surface area contributed by atoms with Gasteiger partial charge >= 0.3 is 0 Å². The second-order valence-corrected chi connectivity index (χ2v) is 7.74. The fourth-order valence-corrected chi connectivity index (χ4v) is 3.95. The molecule has 0 atom stereocenters. The van der Waals surface area contributed by atoms with E-state index in [1.807, 2.05) is 30.3 Å². The number of nitrogens with one attached hydrogen (secondary N) is 2. The largest absolute Gasteiger partial charge is 0.362 e. The van der Waals surface area contributed by atoms with Crippen LogP contribution >= 0.6 is 24.0 Å². The number of amides is 1. The highest BCUT2D eigenvalue weighted by Gasteiger charge is 2.21. The highest BCUT2D eigenvalue weighted by Crippen LogP contribution is 2.24. The van der Waals surface area contributed by atoms with Gasteiger partial charge in [-0.2, -0.15) is 11.8 Å². The molecule has 7 heteroatoms. The van der Waals surface area contributed by atoms with Crippen molar-refractivity contribution < 1.29 is 9.18 Å². The number of hydrogen-bond donors (Lipinski definition) is 2. The smallest absolute Gasteiger partial charge is 0.227 e. The van der Waals surface area contributed by atoms with Gasteiger partial charge in [0.1, 0.15) is 5.82 Å². The Bertz CT molecular complexity index is 815. The van der Waals surface area contributed by atoms with Gasteiger partial charge in [0, 0.05) is 42.4 Å². The van der Waals surface area contributed by atoms with E-state index in [4.69, 9.17) is 12.2 Å². The van der Waals surface area contributed by atoms with Gasteiger partial charge in [0.15, 0.2) is 5.11 Å². The van der Waals surface area contributed by atoms with Crippen LogP contribution in [0, 0.1) is 5.82 Å². The summed E-state index contributed by atoms with van der Waals surface area (Å²) in [6, 6.07) is 14.5. The number of carbonyl (C=O) groups is 1. The lowest BCUT2D eigenvalue weighted by molar-refractivity contribution is -0.117. The molecule has 4 nitrogen and oxygen atoms in total. The average molecular weight is 404 g/mol. The first-order chi connectivity index (χ1) is 13.1. The summed E-state index contributed by atoms with van der Waals surface area (Å²) in [7, 11) is 0. The van der Waals surface area contributed by atoms with Gasteiger partial charge in [0.25, 0.3) is 0 Å². The Morgan fingerprint density at radius 2 is 2.07 bits per heavy atom. The molecule has 1 aliphatic heterocycles. The number of nitrogens with zero attached hydrogens (tertiary/aromatic N) is 1. The predicted octanol–water partition coefficient (Wildman–Crippen LogP) is 4.17. The molecule has 2 aromatic rings. The molecule has 0 saturated carbocycles. The fraction of sp³-hybridized carbons (Fsp3) is 0.300. The Balaban J connectivity index is 1.40. The number of hydrogen-bond acceptors (Lipinski definition) is 3. The van der Waals surface area contributed by atoms with Gasteiger partial charge in [0.05, 0.1) is 0 Å². The monoisotopic (exact) mass is 403 g/mol. The first-order valence-electron chi connectivity index (χ1n) is 8.90. The molecule has 2 N–H and O–H groups in total. The molecule has 1 aliphatic rings. The van der Waals surface area contributed by atoms with Crippen LogP contribution in [0.5, 0.6) is 0 Å². The zero-order valence-electron chi connectivity index (χ0n) is 14.9. The van der Waals surface area contributed by atoms with Gasteiger partial charge in [-0.3, -0.25) is 4.79 Å². The minimum Gasteiger partial charge on any atom is -0.362 e. The summed E-state index contributed by atoms with van der Waals surface area (Å²) >= 11 is 6.98. The van der Waals surface area contributed by atoms with Crippen molar-refractivity contribution in [2.24, 2.45) is 0 Å². The maximum atomic E-state index is 13.6. The number of anilines is 2. The molecule has 0 unspecified atom stereocenters. The predicted molar refractivity (Wildman–Crippen MR) is 115 cm³/mol. The first-order valence-corrected chi connectivity index (χ1v) is 10.5. The summed E-state index contributed by atoms with van der Waals surface area (Å²) in [6.07, 6.45) is 1.52. The Kier molecular flexibility index (Phi) is 7.06. The lowest BCUT2D eigenvalue weighted by Gasteiger charge is -2.17. The van der Waals surface area contributed by atoms with Crippen LogP contribution < -0.4 is 15.5 Å². The highest BCUT2D eigenvalue weighted by molar-refractivity contribution is 7.98. The summed E-state index contributed by atoms with van der Waals surface area (Å²) in [5.41, 5.74) is 2.46. The number of carbonyl (C=O) groups excluding carboxylic acids is 1. The van der Waals surface area contributed by atoms with Crippen molar-refractivity contribution in [1.82, 2.24) is 5.32 Å². The lowest BCUT2D eigenvalue weighted by Crippen LogP contribution is -2.30. The summed E-state index contributed by atoms with van der Waals surface area (Å²) < 4.78 is 13.6. The van der Waals surface area contributed by atoms with E-state index in [2.05, 4.69) is 10.6 Å². The van der Waals surface area contributed by atoms with Crippen molar-refractivity contribution in [3.63, 3.8) is 0 Å². The number of halogens is 1. The van der Waals surface area contributed by atoms with Crippen molar-refractivity contribution in [3.05, 3.63) is 59.9 Å². The maximum absolute atomic E-state index is 13.6. The second kappa shape index (κ2) is 9.71. The van der Waals surface area contributed by atoms with Crippen LogP contribution in [0.2, 0.25) is 0 Å². The summed E-state index contributed by atoms with van der Waals surface area (Å²) in [6.45, 7) is 1.46. The number of rotatable bonds is 7. The van der Waals surface area contributed by atoms with Gasteiger partial charge in [-0.05, 0) is 48.5 Å². The molecule has 3 rings (SSSR count). The zero-order chi connectivity index (χ0) is 19.1. The van der Waals surface area contributed by atoms with Gasteiger partial charge in [-0.25, -0.2) is 4.39 Å². The second-order valence-electron chi connectivity index (χ2n) is 6.22. The number of benzene rings is 2. The standard InChI is InChI=1S/C20H22FN3OS2/c21-18-8-2-1-5-15(18)14-27-12-10-22-20(26)23-16-6-3-7-17(13-16)24-11-4-9-19(24)25/h1-3,5-8,13H,4,9-12,14H2,(H2,22,23,26). The average Bonchev–Trinajstić information content (AvgIpc) is 3.09. The van der Waals surface area contributed by atoms with E-state index in [0.29, 0.717) is 23.8 Å². The number of thioether (sulfide) groups is 1. The van der Waals surface area contributed by atoms with E-state index >= 15 is 0 Å². The highest BCUT2D eigenvalue weighted by atomic mass is 32.2. The first kappa shape index (κ1) is 19.6. The molecule has 0 aromatic heterocycles. The van der Waals surface area contributed by atoms with Crippen LogP contribution in [0.1, 0.15) is 18.4 Å². The molecular weight excluding hydrogens is 381 g/mol. The van der Waals surface area contributed by atoms with E-state index in [9.17, 15) is 9.18 Å². The SMILES string of the molecule is O=C1CCCN1c1cccc(NC(=S)NCCSCc2ccccc2F)c1. The Labute approximate surface area is 168 Å². The minimum absolute atomic E-state index is 0.161. The van der Waals surface area contributed by atoms with Crippen LogP contribution in [0.15, 0.2) is 48.5 Å². The summed E-state index contributed by atoms with van der Waals surface area (Å²) in [5, 5.41) is 6.84. The van der Waals surface area contributed by atoms with E-state index in [0.717, 1.165) is 35.7 Å². The van der Waals surface area contributed by atoms with Gasteiger partial charge < -0.3 is 15.5 Å². The van der Waals surface area contributed by atoms with Crippen LogP contribution in [-0.2, 0) is 10.5 Å². The van der Waals surface area contributed by atoms with Crippen LogP contribution in [0.4, 0.5) is 15.8 Å². The van der Waals surface area contributed by atoms with E-state index < -0.39 is 0 Å². The fourth-order valence-electron chi connectivity index (χ4n) is 2.88. The molecule has 142 valence electrons. The summed E-state index contributed by atoms with van der Waals surface area (Å²) in [4.78, 5) is 13.7. The van der Waals surface area contributed by atoms with E-state index in [-0.39, 0.29) is 11.7 Å². The normalized spacial score (nSPS) is 13.7. The van der Waals surface area contributed by atoms with Crippen molar-refractivity contribution in [3.8, 4) is 0 Å². The number of thiocarbonyl (C=S) groups is 1. The van der Waals surface area contributed by atoms with Crippen molar-refractivity contribution >= 4 is 46.4 Å². The molecule has 1 heterocycles. The minimum atomic E-state index is -0.161. The third-order valence-electron chi connectivity index (χ3n) is 4.24. The topological polar surface area (TPSA) is 44.4 Å². The molecule has 0 aliphatic carbocycles. The molecule has 27 heavy (non-hydrogen) atoms. The zero-order valence-corrected chi connectivity index (χ0v) is 16.5. The lowest BCUT2D eigenvalue weighted by atomic mass is 10.2. The molecule has 1 fully saturated rings.